The predicted molar refractivity (Wildman–Crippen MR) is 67.7 cm³/mol. The predicted octanol–water partition coefficient (Wildman–Crippen LogP) is 3.88. The number of nitrogens with one attached hydrogen (secondary N) is 1. The van der Waals surface area contributed by atoms with E-state index in [0.29, 0.717) is 30.2 Å². The van der Waals surface area contributed by atoms with Gasteiger partial charge >= 0.3 is 6.18 Å². The van der Waals surface area contributed by atoms with E-state index < -0.39 is 12.2 Å². The zero-order chi connectivity index (χ0) is 14.0. The summed E-state index contributed by atoms with van der Waals surface area (Å²) >= 11 is 5.91. The zero-order valence-electron chi connectivity index (χ0n) is 10.5. The second-order valence-electron chi connectivity index (χ2n) is 4.51. The van der Waals surface area contributed by atoms with E-state index in [9.17, 15) is 13.2 Å². The van der Waals surface area contributed by atoms with Crippen LogP contribution < -0.4 is 10.1 Å². The Morgan fingerprint density at radius 1 is 1.42 bits per heavy atom. The number of hydrogen-bond acceptors (Lipinski definition) is 2. The Hall–Kier alpha value is -0.940. The zero-order valence-corrected chi connectivity index (χ0v) is 11.2. The minimum Gasteiger partial charge on any atom is -0.493 e. The Bertz CT molecular complexity index is 462. The maximum atomic E-state index is 13.2. The first-order valence-corrected chi connectivity index (χ1v) is 6.56. The van der Waals surface area contributed by atoms with E-state index >= 15 is 0 Å². The van der Waals surface area contributed by atoms with Crippen molar-refractivity contribution in [2.45, 2.75) is 32.0 Å². The minimum absolute atomic E-state index is 0.0842. The topological polar surface area (TPSA) is 21.3 Å². The molecule has 1 aromatic rings. The summed E-state index contributed by atoms with van der Waals surface area (Å²) in [5.74, 6) is 0.329. The molecule has 2 nitrogen and oxygen atoms in total. The van der Waals surface area contributed by atoms with Gasteiger partial charge in [-0.15, -0.1) is 0 Å². The van der Waals surface area contributed by atoms with Gasteiger partial charge in [0.2, 0.25) is 0 Å². The number of ether oxygens (including phenoxy) is 1. The molecule has 0 saturated carbocycles. The fourth-order valence-electron chi connectivity index (χ4n) is 2.20. The van der Waals surface area contributed by atoms with Crippen molar-refractivity contribution in [3.05, 3.63) is 28.3 Å². The fraction of sp³-hybridized carbons (Fsp3) is 0.538. The van der Waals surface area contributed by atoms with Gasteiger partial charge in [0.05, 0.1) is 6.61 Å². The second kappa shape index (κ2) is 5.59. The second-order valence-corrected chi connectivity index (χ2v) is 4.95. The Labute approximate surface area is 114 Å². The van der Waals surface area contributed by atoms with Crippen LogP contribution in [0.1, 0.15) is 30.5 Å². The molecule has 1 heterocycles. The highest BCUT2D eigenvalue weighted by atomic mass is 35.5. The van der Waals surface area contributed by atoms with Crippen molar-refractivity contribution < 1.29 is 17.9 Å². The summed E-state index contributed by atoms with van der Waals surface area (Å²) in [4.78, 5) is 0. The van der Waals surface area contributed by atoms with Gasteiger partial charge < -0.3 is 10.1 Å². The van der Waals surface area contributed by atoms with Gasteiger partial charge in [0.25, 0.3) is 0 Å². The molecule has 106 valence electrons. The van der Waals surface area contributed by atoms with Gasteiger partial charge in [0.15, 0.2) is 0 Å². The Balaban J connectivity index is 2.41. The van der Waals surface area contributed by atoms with Crippen molar-refractivity contribution in [2.75, 3.05) is 13.2 Å². The quantitative estimate of drug-likeness (QED) is 0.910. The Morgan fingerprint density at radius 3 is 2.79 bits per heavy atom. The van der Waals surface area contributed by atoms with E-state index in [1.54, 1.807) is 6.07 Å². The van der Waals surface area contributed by atoms with Crippen LogP contribution in [0.2, 0.25) is 5.02 Å². The van der Waals surface area contributed by atoms with Gasteiger partial charge in [0.1, 0.15) is 11.8 Å². The molecule has 0 radical (unpaired) electrons. The minimum atomic E-state index is -4.38. The van der Waals surface area contributed by atoms with Crippen molar-refractivity contribution >= 4 is 11.6 Å². The van der Waals surface area contributed by atoms with Gasteiger partial charge in [-0.3, -0.25) is 0 Å². The number of fused-ring (bicyclic) bond motifs is 1. The molecule has 2 rings (SSSR count). The molecule has 0 spiro atoms. The van der Waals surface area contributed by atoms with Crippen LogP contribution in [0.15, 0.2) is 12.1 Å². The fourth-order valence-corrected chi connectivity index (χ4v) is 2.45. The molecule has 1 atom stereocenters. The van der Waals surface area contributed by atoms with Crippen LogP contribution >= 0.6 is 11.6 Å². The molecule has 0 aromatic heterocycles. The van der Waals surface area contributed by atoms with E-state index in [-0.39, 0.29) is 12.1 Å². The molecule has 19 heavy (non-hydrogen) atoms. The Morgan fingerprint density at radius 2 is 2.16 bits per heavy atom. The third-order valence-corrected chi connectivity index (χ3v) is 3.23. The molecule has 0 saturated heterocycles. The molecule has 0 amide bonds. The van der Waals surface area contributed by atoms with Crippen LogP contribution in [0.3, 0.4) is 0 Å². The van der Waals surface area contributed by atoms with E-state index in [0.717, 1.165) is 5.56 Å². The molecule has 1 unspecified atom stereocenters. The average Bonchev–Trinajstić information content (AvgIpc) is 2.75. The summed E-state index contributed by atoms with van der Waals surface area (Å²) in [6, 6.07) is 1.27. The maximum absolute atomic E-state index is 13.2. The van der Waals surface area contributed by atoms with Gasteiger partial charge in [0, 0.05) is 17.0 Å². The number of alkyl halides is 3. The van der Waals surface area contributed by atoms with Crippen molar-refractivity contribution in [3.63, 3.8) is 0 Å². The van der Waals surface area contributed by atoms with Crippen LogP contribution in [0.25, 0.3) is 0 Å². The van der Waals surface area contributed by atoms with Gasteiger partial charge in [-0.05, 0) is 30.7 Å². The molecular weight excluding hydrogens is 279 g/mol. The van der Waals surface area contributed by atoms with Crippen molar-refractivity contribution in [2.24, 2.45) is 0 Å². The highest BCUT2D eigenvalue weighted by Crippen LogP contribution is 2.42. The van der Waals surface area contributed by atoms with Crippen LogP contribution in [0.4, 0.5) is 13.2 Å². The molecule has 6 heteroatoms. The molecule has 0 aliphatic carbocycles. The average molecular weight is 294 g/mol. The SMILES string of the molecule is CCCNC(c1cc(Cl)cc2c1OCC2)C(F)(F)F. The van der Waals surface area contributed by atoms with E-state index in [1.165, 1.54) is 6.07 Å². The maximum Gasteiger partial charge on any atom is 0.408 e. The van der Waals surface area contributed by atoms with E-state index in [4.69, 9.17) is 16.3 Å². The summed E-state index contributed by atoms with van der Waals surface area (Å²) in [7, 11) is 0. The summed E-state index contributed by atoms with van der Waals surface area (Å²) in [5.41, 5.74) is 0.830. The first-order valence-electron chi connectivity index (χ1n) is 6.18. The Kier molecular flexibility index (Phi) is 4.26. The number of halogens is 4. The number of benzene rings is 1. The number of rotatable bonds is 4. The first kappa shape index (κ1) is 14.5. The molecule has 1 aliphatic rings. The standard InChI is InChI=1S/C13H15ClF3NO/c1-2-4-18-12(13(15,16)17)10-7-9(14)6-8-3-5-19-11(8)10/h6-7,12,18H,2-5H2,1H3. The first-order chi connectivity index (χ1) is 8.93. The van der Waals surface area contributed by atoms with Gasteiger partial charge in [-0.1, -0.05) is 18.5 Å². The van der Waals surface area contributed by atoms with Crippen LogP contribution in [-0.2, 0) is 6.42 Å². The van der Waals surface area contributed by atoms with Crippen LogP contribution in [0.5, 0.6) is 5.75 Å². The molecule has 1 N–H and O–H groups in total. The smallest absolute Gasteiger partial charge is 0.408 e. The highest BCUT2D eigenvalue weighted by Gasteiger charge is 2.42. The third-order valence-electron chi connectivity index (χ3n) is 3.01. The highest BCUT2D eigenvalue weighted by molar-refractivity contribution is 6.30. The van der Waals surface area contributed by atoms with Crippen molar-refractivity contribution in [3.8, 4) is 5.75 Å². The molecule has 1 aliphatic heterocycles. The summed E-state index contributed by atoms with van der Waals surface area (Å²) < 4.78 is 44.8. The van der Waals surface area contributed by atoms with Gasteiger partial charge in [-0.2, -0.15) is 13.2 Å². The van der Waals surface area contributed by atoms with Crippen molar-refractivity contribution in [1.82, 2.24) is 5.32 Å². The molecule has 0 bridgehead atoms. The normalized spacial score (nSPS) is 16.1. The van der Waals surface area contributed by atoms with E-state index in [2.05, 4.69) is 5.32 Å². The summed E-state index contributed by atoms with van der Waals surface area (Å²) in [5, 5.41) is 2.83. The van der Waals surface area contributed by atoms with Crippen LogP contribution in [0, 0.1) is 0 Å². The summed E-state index contributed by atoms with van der Waals surface area (Å²) in [6.45, 7) is 2.51. The molecular formula is C13H15ClF3NO. The molecule has 1 aromatic carbocycles. The lowest BCUT2D eigenvalue weighted by molar-refractivity contribution is -0.158. The third kappa shape index (κ3) is 3.15. The van der Waals surface area contributed by atoms with Crippen LogP contribution in [-0.4, -0.2) is 19.3 Å². The largest absolute Gasteiger partial charge is 0.493 e. The lowest BCUT2D eigenvalue weighted by Gasteiger charge is -2.23. The monoisotopic (exact) mass is 293 g/mol. The van der Waals surface area contributed by atoms with E-state index in [1.807, 2.05) is 6.92 Å². The van der Waals surface area contributed by atoms with Crippen molar-refractivity contribution in [1.29, 1.82) is 0 Å². The van der Waals surface area contributed by atoms with Gasteiger partial charge in [-0.25, -0.2) is 0 Å². The lowest BCUT2D eigenvalue weighted by Crippen LogP contribution is -2.34. The number of hydrogen-bond donors (Lipinski definition) is 1. The lowest BCUT2D eigenvalue weighted by atomic mass is 10.0. The molecule has 0 fully saturated rings. The summed E-state index contributed by atoms with van der Waals surface area (Å²) in [6.07, 6.45) is -3.16.